The summed E-state index contributed by atoms with van der Waals surface area (Å²) in [5.74, 6) is 1.79. The molecule has 6 heteroatoms. The summed E-state index contributed by atoms with van der Waals surface area (Å²) in [5, 5.41) is 7.69. The fourth-order valence-electron chi connectivity index (χ4n) is 2.18. The largest absolute Gasteiger partial charge is 0.381 e. The monoisotopic (exact) mass is 296 g/mol. The quantitative estimate of drug-likeness (QED) is 0.621. The van der Waals surface area contributed by atoms with Crippen molar-refractivity contribution in [2.24, 2.45) is 0 Å². The lowest BCUT2D eigenvalue weighted by molar-refractivity contribution is 0.0657. The van der Waals surface area contributed by atoms with Crippen molar-refractivity contribution in [3.8, 4) is 0 Å². The Morgan fingerprint density at radius 1 is 1.30 bits per heavy atom. The molecule has 0 unspecified atom stereocenters. The first-order chi connectivity index (χ1) is 9.65. The third-order valence-electron chi connectivity index (χ3n) is 3.47. The van der Waals surface area contributed by atoms with Gasteiger partial charge in [-0.25, -0.2) is 9.97 Å². The molecule has 0 amide bonds. The van der Waals surface area contributed by atoms with Crippen LogP contribution in [0.2, 0.25) is 0 Å². The lowest BCUT2D eigenvalue weighted by Gasteiger charge is -2.35. The molecule has 2 N–H and O–H groups in total. The number of nitrogens with zero attached hydrogens (tertiary/aromatic N) is 2. The smallest absolute Gasteiger partial charge is 0.191 e. The molecule has 1 aliphatic rings. The Labute approximate surface area is 125 Å². The summed E-state index contributed by atoms with van der Waals surface area (Å²) in [6, 6.07) is 2.00. The molecule has 2 rings (SSSR count). The number of thioether (sulfide) groups is 1. The van der Waals surface area contributed by atoms with Gasteiger partial charge >= 0.3 is 0 Å². The van der Waals surface area contributed by atoms with Crippen LogP contribution in [0.15, 0.2) is 11.2 Å². The molecule has 0 aromatic carbocycles. The lowest BCUT2D eigenvalue weighted by Crippen LogP contribution is -2.40. The molecule has 0 aliphatic carbocycles. The highest BCUT2D eigenvalue weighted by molar-refractivity contribution is 7.98. The summed E-state index contributed by atoms with van der Waals surface area (Å²) < 4.78 is 5.44. The number of aromatic nitrogens is 2. The van der Waals surface area contributed by atoms with Gasteiger partial charge in [0, 0.05) is 31.4 Å². The summed E-state index contributed by atoms with van der Waals surface area (Å²) in [6.45, 7) is 6.92. The third kappa shape index (κ3) is 4.24. The lowest BCUT2D eigenvalue weighted by atomic mass is 9.92. The van der Waals surface area contributed by atoms with Crippen molar-refractivity contribution < 1.29 is 4.74 Å². The van der Waals surface area contributed by atoms with Gasteiger partial charge in [-0.05, 0) is 32.4 Å². The van der Waals surface area contributed by atoms with E-state index in [0.717, 1.165) is 55.8 Å². The van der Waals surface area contributed by atoms with Crippen LogP contribution in [0, 0.1) is 0 Å². The normalized spacial score (nSPS) is 17.8. The van der Waals surface area contributed by atoms with Gasteiger partial charge in [-0.1, -0.05) is 18.7 Å². The van der Waals surface area contributed by atoms with Crippen LogP contribution < -0.4 is 10.6 Å². The Hall–Kier alpha value is -1.01. The molecular weight excluding hydrogens is 272 g/mol. The van der Waals surface area contributed by atoms with E-state index >= 15 is 0 Å². The second-order valence-electron chi connectivity index (χ2n) is 5.35. The third-order valence-corrected chi connectivity index (χ3v) is 4.02. The van der Waals surface area contributed by atoms with E-state index in [4.69, 9.17) is 4.74 Å². The Kier molecular flexibility index (Phi) is 5.48. The van der Waals surface area contributed by atoms with Gasteiger partial charge in [-0.15, -0.1) is 0 Å². The number of ether oxygens (including phenoxy) is 1. The van der Waals surface area contributed by atoms with Crippen LogP contribution >= 0.6 is 11.8 Å². The first-order valence-corrected chi connectivity index (χ1v) is 8.40. The summed E-state index contributed by atoms with van der Waals surface area (Å²) in [7, 11) is 0. The van der Waals surface area contributed by atoms with E-state index in [1.54, 1.807) is 11.8 Å². The second-order valence-corrected chi connectivity index (χ2v) is 6.12. The van der Waals surface area contributed by atoms with Gasteiger partial charge in [0.05, 0.1) is 0 Å². The Bertz CT molecular complexity index is 435. The molecule has 0 saturated carbocycles. The summed E-state index contributed by atoms with van der Waals surface area (Å²) >= 11 is 1.56. The average Bonchev–Trinajstić information content (AvgIpc) is 2.45. The SMILES string of the molecule is CCCNc1cc(NC2(C)CCOCC2)nc(SC)n1. The molecule has 1 fully saturated rings. The standard InChI is InChI=1S/C14H24N4OS/c1-4-7-15-11-10-12(17-13(16-11)20-3)18-14(2)5-8-19-9-6-14/h10H,4-9H2,1-3H3,(H2,15,16,17,18). The van der Waals surface area contributed by atoms with E-state index in [2.05, 4.69) is 34.4 Å². The first kappa shape index (κ1) is 15.4. The Balaban J connectivity index is 2.12. The van der Waals surface area contributed by atoms with Crippen LogP contribution in [0.4, 0.5) is 11.6 Å². The van der Waals surface area contributed by atoms with E-state index < -0.39 is 0 Å². The van der Waals surface area contributed by atoms with Crippen LogP contribution in [0.1, 0.15) is 33.1 Å². The van der Waals surface area contributed by atoms with Crippen LogP contribution in [0.3, 0.4) is 0 Å². The summed E-state index contributed by atoms with van der Waals surface area (Å²) in [6.07, 6.45) is 5.09. The molecular formula is C14H24N4OS. The fraction of sp³-hybridized carbons (Fsp3) is 0.714. The molecule has 1 aromatic heterocycles. The minimum Gasteiger partial charge on any atom is -0.381 e. The molecule has 5 nitrogen and oxygen atoms in total. The van der Waals surface area contributed by atoms with Crippen LogP contribution in [-0.4, -0.2) is 41.5 Å². The predicted molar refractivity (Wildman–Crippen MR) is 84.7 cm³/mol. The van der Waals surface area contributed by atoms with Crippen molar-refractivity contribution in [3.63, 3.8) is 0 Å². The van der Waals surface area contributed by atoms with Gasteiger partial charge < -0.3 is 15.4 Å². The molecule has 1 saturated heterocycles. The van der Waals surface area contributed by atoms with Gasteiger partial charge in [-0.2, -0.15) is 0 Å². The van der Waals surface area contributed by atoms with E-state index in [1.165, 1.54) is 0 Å². The molecule has 2 heterocycles. The molecule has 1 aliphatic heterocycles. The van der Waals surface area contributed by atoms with Gasteiger partial charge in [-0.3, -0.25) is 0 Å². The molecule has 0 radical (unpaired) electrons. The number of hydrogen-bond donors (Lipinski definition) is 2. The van der Waals surface area contributed by atoms with Crippen molar-refractivity contribution in [1.29, 1.82) is 0 Å². The van der Waals surface area contributed by atoms with Gasteiger partial charge in [0.15, 0.2) is 5.16 Å². The van der Waals surface area contributed by atoms with E-state index in [-0.39, 0.29) is 5.54 Å². The van der Waals surface area contributed by atoms with Gasteiger partial charge in [0.25, 0.3) is 0 Å². The van der Waals surface area contributed by atoms with E-state index in [9.17, 15) is 0 Å². The highest BCUT2D eigenvalue weighted by Crippen LogP contribution is 2.26. The summed E-state index contributed by atoms with van der Waals surface area (Å²) in [4.78, 5) is 9.04. The van der Waals surface area contributed by atoms with E-state index in [0.29, 0.717) is 0 Å². The zero-order chi connectivity index (χ0) is 14.4. The molecule has 0 bridgehead atoms. The maximum Gasteiger partial charge on any atom is 0.191 e. The van der Waals surface area contributed by atoms with Crippen LogP contribution in [0.25, 0.3) is 0 Å². The van der Waals surface area contributed by atoms with Crippen molar-refractivity contribution in [1.82, 2.24) is 9.97 Å². The van der Waals surface area contributed by atoms with Crippen molar-refractivity contribution in [2.45, 2.75) is 43.8 Å². The Morgan fingerprint density at radius 2 is 2.00 bits per heavy atom. The number of hydrogen-bond acceptors (Lipinski definition) is 6. The zero-order valence-electron chi connectivity index (χ0n) is 12.5. The zero-order valence-corrected chi connectivity index (χ0v) is 13.3. The predicted octanol–water partition coefficient (Wildman–Crippen LogP) is 3.00. The average molecular weight is 296 g/mol. The first-order valence-electron chi connectivity index (χ1n) is 7.18. The van der Waals surface area contributed by atoms with Crippen LogP contribution in [-0.2, 0) is 4.74 Å². The molecule has 0 spiro atoms. The topological polar surface area (TPSA) is 59.1 Å². The molecule has 20 heavy (non-hydrogen) atoms. The molecule has 112 valence electrons. The highest BCUT2D eigenvalue weighted by Gasteiger charge is 2.27. The minimum absolute atomic E-state index is 0.0598. The molecule has 1 aromatic rings. The molecule has 0 atom stereocenters. The summed E-state index contributed by atoms with van der Waals surface area (Å²) in [5.41, 5.74) is 0.0598. The van der Waals surface area contributed by atoms with Crippen molar-refractivity contribution >= 4 is 23.4 Å². The Morgan fingerprint density at radius 3 is 2.65 bits per heavy atom. The number of anilines is 2. The number of rotatable bonds is 6. The maximum absolute atomic E-state index is 5.44. The number of nitrogens with one attached hydrogen (secondary N) is 2. The second kappa shape index (κ2) is 7.13. The van der Waals surface area contributed by atoms with Gasteiger partial charge in [0.2, 0.25) is 0 Å². The maximum atomic E-state index is 5.44. The minimum atomic E-state index is 0.0598. The van der Waals surface area contributed by atoms with Crippen molar-refractivity contribution in [3.05, 3.63) is 6.07 Å². The fourth-order valence-corrected chi connectivity index (χ4v) is 2.56. The van der Waals surface area contributed by atoms with Crippen molar-refractivity contribution in [2.75, 3.05) is 36.6 Å². The van der Waals surface area contributed by atoms with Gasteiger partial charge in [0.1, 0.15) is 11.6 Å². The highest BCUT2D eigenvalue weighted by atomic mass is 32.2. The van der Waals surface area contributed by atoms with E-state index in [1.807, 2.05) is 12.3 Å². The van der Waals surface area contributed by atoms with Crippen LogP contribution in [0.5, 0.6) is 0 Å².